The highest BCUT2D eigenvalue weighted by atomic mass is 16.3. The Balaban J connectivity index is 2.31. The Morgan fingerprint density at radius 2 is 1.40 bits per heavy atom. The molecule has 1 N–H and O–H groups in total. The molecule has 0 radical (unpaired) electrons. The summed E-state index contributed by atoms with van der Waals surface area (Å²) in [4.78, 5) is 24.1. The molecule has 0 aliphatic heterocycles. The fraction of sp³-hybridized carbons (Fsp3) is 0.176. The monoisotopic (exact) mass is 268 g/mol. The zero-order chi connectivity index (χ0) is 14.5. The first-order valence-corrected chi connectivity index (χ1v) is 6.44. The second kappa shape index (κ2) is 6.26. The lowest BCUT2D eigenvalue weighted by atomic mass is 9.86. The van der Waals surface area contributed by atoms with E-state index in [0.29, 0.717) is 11.1 Å². The highest BCUT2D eigenvalue weighted by Gasteiger charge is 2.31. The van der Waals surface area contributed by atoms with Crippen LogP contribution in [0.25, 0.3) is 0 Å². The number of aliphatic hydroxyl groups is 1. The largest absolute Gasteiger partial charge is 0.384 e. The quantitative estimate of drug-likeness (QED) is 0.848. The van der Waals surface area contributed by atoms with E-state index in [2.05, 4.69) is 0 Å². The van der Waals surface area contributed by atoms with Crippen LogP contribution in [-0.2, 0) is 4.79 Å². The predicted octanol–water partition coefficient (Wildman–Crippen LogP) is 2.60. The molecular formula is C17H16O3. The van der Waals surface area contributed by atoms with Gasteiger partial charge in [-0.3, -0.25) is 9.59 Å². The van der Waals surface area contributed by atoms with E-state index in [1.54, 1.807) is 54.6 Å². The first-order valence-electron chi connectivity index (χ1n) is 6.44. The SMILES string of the molecule is CC(=O)C(c1ccccc1)C(O)C(=O)c1ccccc1. The minimum Gasteiger partial charge on any atom is -0.384 e. The van der Waals surface area contributed by atoms with E-state index in [1.165, 1.54) is 6.92 Å². The summed E-state index contributed by atoms with van der Waals surface area (Å²) in [5, 5.41) is 10.3. The van der Waals surface area contributed by atoms with Crippen molar-refractivity contribution in [2.24, 2.45) is 0 Å². The highest BCUT2D eigenvalue weighted by Crippen LogP contribution is 2.23. The molecule has 2 rings (SSSR count). The van der Waals surface area contributed by atoms with Gasteiger partial charge >= 0.3 is 0 Å². The number of carbonyl (C=O) groups is 2. The normalized spacial score (nSPS) is 13.5. The summed E-state index contributed by atoms with van der Waals surface area (Å²) in [6, 6.07) is 17.4. The summed E-state index contributed by atoms with van der Waals surface area (Å²) in [5.41, 5.74) is 1.05. The molecule has 0 spiro atoms. The van der Waals surface area contributed by atoms with E-state index in [0.717, 1.165) is 0 Å². The van der Waals surface area contributed by atoms with Gasteiger partial charge in [0, 0.05) is 5.56 Å². The number of carbonyl (C=O) groups excluding carboxylic acids is 2. The van der Waals surface area contributed by atoms with Gasteiger partial charge in [-0.1, -0.05) is 60.7 Å². The maximum atomic E-state index is 12.3. The number of hydrogen-bond donors (Lipinski definition) is 1. The van der Waals surface area contributed by atoms with Crippen LogP contribution in [0.3, 0.4) is 0 Å². The van der Waals surface area contributed by atoms with Gasteiger partial charge in [-0.15, -0.1) is 0 Å². The van der Waals surface area contributed by atoms with Crippen LogP contribution >= 0.6 is 0 Å². The summed E-state index contributed by atoms with van der Waals surface area (Å²) in [7, 11) is 0. The smallest absolute Gasteiger partial charge is 0.192 e. The third-order valence-corrected chi connectivity index (χ3v) is 3.24. The predicted molar refractivity (Wildman–Crippen MR) is 76.6 cm³/mol. The van der Waals surface area contributed by atoms with Crippen molar-refractivity contribution in [2.45, 2.75) is 18.9 Å². The molecular weight excluding hydrogens is 252 g/mol. The number of aliphatic hydroxyl groups excluding tert-OH is 1. The number of hydrogen-bond acceptors (Lipinski definition) is 3. The molecule has 0 bridgehead atoms. The summed E-state index contributed by atoms with van der Waals surface area (Å²) in [6.45, 7) is 1.39. The second-order valence-corrected chi connectivity index (χ2v) is 4.67. The van der Waals surface area contributed by atoms with Crippen molar-refractivity contribution in [1.29, 1.82) is 0 Å². The number of rotatable bonds is 5. The van der Waals surface area contributed by atoms with Gasteiger partial charge in [0.15, 0.2) is 5.78 Å². The van der Waals surface area contributed by atoms with Crippen LogP contribution < -0.4 is 0 Å². The average molecular weight is 268 g/mol. The van der Waals surface area contributed by atoms with Gasteiger partial charge in [0.25, 0.3) is 0 Å². The van der Waals surface area contributed by atoms with Gasteiger partial charge in [-0.25, -0.2) is 0 Å². The molecule has 0 saturated carbocycles. The van der Waals surface area contributed by atoms with Crippen LogP contribution in [0.4, 0.5) is 0 Å². The lowest BCUT2D eigenvalue weighted by molar-refractivity contribution is -0.120. The average Bonchev–Trinajstić information content (AvgIpc) is 2.48. The van der Waals surface area contributed by atoms with E-state index in [4.69, 9.17) is 0 Å². The van der Waals surface area contributed by atoms with E-state index >= 15 is 0 Å². The Morgan fingerprint density at radius 1 is 0.900 bits per heavy atom. The van der Waals surface area contributed by atoms with E-state index in [9.17, 15) is 14.7 Å². The summed E-state index contributed by atoms with van der Waals surface area (Å²) < 4.78 is 0. The zero-order valence-corrected chi connectivity index (χ0v) is 11.2. The van der Waals surface area contributed by atoms with Gasteiger partial charge < -0.3 is 5.11 Å². The Kier molecular flexibility index (Phi) is 4.43. The van der Waals surface area contributed by atoms with Crippen molar-refractivity contribution in [2.75, 3.05) is 0 Å². The molecule has 2 unspecified atom stereocenters. The van der Waals surface area contributed by atoms with Gasteiger partial charge in [0.1, 0.15) is 11.9 Å². The Hall–Kier alpha value is -2.26. The molecule has 3 heteroatoms. The topological polar surface area (TPSA) is 54.4 Å². The Labute approximate surface area is 117 Å². The molecule has 0 saturated heterocycles. The first kappa shape index (κ1) is 14.2. The van der Waals surface area contributed by atoms with E-state index in [-0.39, 0.29) is 5.78 Å². The third kappa shape index (κ3) is 3.00. The molecule has 0 fully saturated rings. The summed E-state index contributed by atoms with van der Waals surface area (Å²) in [5.74, 6) is -1.49. The zero-order valence-electron chi connectivity index (χ0n) is 11.2. The highest BCUT2D eigenvalue weighted by molar-refractivity contribution is 6.03. The third-order valence-electron chi connectivity index (χ3n) is 3.24. The lowest BCUT2D eigenvalue weighted by Crippen LogP contribution is -2.32. The maximum Gasteiger partial charge on any atom is 0.192 e. The van der Waals surface area contributed by atoms with Crippen molar-refractivity contribution in [3.8, 4) is 0 Å². The molecule has 0 aromatic heterocycles. The van der Waals surface area contributed by atoms with Gasteiger partial charge in [0.2, 0.25) is 0 Å². The van der Waals surface area contributed by atoms with Crippen molar-refractivity contribution in [3.05, 3.63) is 71.8 Å². The van der Waals surface area contributed by atoms with Crippen molar-refractivity contribution < 1.29 is 14.7 Å². The minimum atomic E-state index is -1.36. The molecule has 2 aromatic rings. The van der Waals surface area contributed by atoms with Crippen molar-refractivity contribution in [3.63, 3.8) is 0 Å². The van der Waals surface area contributed by atoms with Gasteiger partial charge in [0.05, 0.1) is 5.92 Å². The minimum absolute atomic E-state index is 0.229. The molecule has 0 aliphatic carbocycles. The fourth-order valence-corrected chi connectivity index (χ4v) is 2.22. The number of benzene rings is 2. The van der Waals surface area contributed by atoms with E-state index in [1.807, 2.05) is 6.07 Å². The molecule has 3 nitrogen and oxygen atoms in total. The Morgan fingerprint density at radius 3 is 1.90 bits per heavy atom. The molecule has 2 aromatic carbocycles. The maximum absolute atomic E-state index is 12.3. The lowest BCUT2D eigenvalue weighted by Gasteiger charge is -2.20. The molecule has 20 heavy (non-hydrogen) atoms. The number of ketones is 2. The standard InChI is InChI=1S/C17H16O3/c1-12(18)15(13-8-4-2-5-9-13)17(20)16(19)14-10-6-3-7-11-14/h2-11,15,17,20H,1H3. The Bertz CT molecular complexity index is 590. The van der Waals surface area contributed by atoms with E-state index < -0.39 is 17.8 Å². The van der Waals surface area contributed by atoms with Crippen molar-refractivity contribution in [1.82, 2.24) is 0 Å². The van der Waals surface area contributed by atoms with Crippen LogP contribution in [0.15, 0.2) is 60.7 Å². The first-order chi connectivity index (χ1) is 9.61. The van der Waals surface area contributed by atoms with Crippen LogP contribution in [0.2, 0.25) is 0 Å². The fourth-order valence-electron chi connectivity index (χ4n) is 2.22. The summed E-state index contributed by atoms with van der Waals surface area (Å²) >= 11 is 0. The molecule has 0 amide bonds. The van der Waals surface area contributed by atoms with Crippen LogP contribution in [0.5, 0.6) is 0 Å². The summed E-state index contributed by atoms with van der Waals surface area (Å²) in [6.07, 6.45) is -1.36. The second-order valence-electron chi connectivity index (χ2n) is 4.67. The van der Waals surface area contributed by atoms with Crippen LogP contribution in [-0.4, -0.2) is 22.8 Å². The van der Waals surface area contributed by atoms with Crippen LogP contribution in [0.1, 0.15) is 28.8 Å². The molecule has 102 valence electrons. The number of Topliss-reactive ketones (excluding diaryl/α,β-unsaturated/α-hetero) is 2. The van der Waals surface area contributed by atoms with Gasteiger partial charge in [-0.2, -0.15) is 0 Å². The van der Waals surface area contributed by atoms with Crippen molar-refractivity contribution >= 4 is 11.6 Å². The molecule has 0 heterocycles. The molecule has 0 aliphatic rings. The van der Waals surface area contributed by atoms with Crippen LogP contribution in [0, 0.1) is 0 Å². The van der Waals surface area contributed by atoms with Gasteiger partial charge in [-0.05, 0) is 12.5 Å². The molecule has 2 atom stereocenters.